The number of rotatable bonds is 4. The predicted molar refractivity (Wildman–Crippen MR) is 118 cm³/mol. The fourth-order valence-electron chi connectivity index (χ4n) is 2.73. The van der Waals surface area contributed by atoms with E-state index in [0.29, 0.717) is 10.2 Å². The number of halogens is 2. The van der Waals surface area contributed by atoms with E-state index in [0.717, 1.165) is 16.1 Å². The van der Waals surface area contributed by atoms with Crippen molar-refractivity contribution in [3.05, 3.63) is 45.9 Å². The number of sulfonamides is 1. The van der Waals surface area contributed by atoms with Crippen molar-refractivity contribution in [3.63, 3.8) is 0 Å². The van der Waals surface area contributed by atoms with Gasteiger partial charge in [0.15, 0.2) is 5.75 Å². The number of hydrogen-bond acceptors (Lipinski definition) is 7. The largest absolute Gasteiger partial charge is 0.504 e. The molecule has 2 amide bonds. The maximum absolute atomic E-state index is 13.0. The first-order valence-electron chi connectivity index (χ1n) is 8.44. The van der Waals surface area contributed by atoms with Crippen LogP contribution in [0.2, 0.25) is 5.02 Å². The van der Waals surface area contributed by atoms with Crippen molar-refractivity contribution >= 4 is 66.7 Å². The van der Waals surface area contributed by atoms with Crippen LogP contribution in [0.4, 0.5) is 16.2 Å². The molecule has 0 aliphatic carbocycles. The first-order chi connectivity index (χ1) is 14.0. The standard InChI is InChI=1S/C17H17BrClN3O6S2/c18-10-3-1-2-4-12(10)20-16(24)21-13-6-5-11(19)15(14(13)23)30(27,28)22-7-8-29-17(25,26)9-22/h1-6,23,25-26H,7-9H2,(H2,20,21,24). The van der Waals surface area contributed by atoms with Gasteiger partial charge in [-0.2, -0.15) is 4.31 Å². The lowest BCUT2D eigenvalue weighted by molar-refractivity contribution is -0.0873. The molecule has 13 heteroatoms. The molecule has 162 valence electrons. The lowest BCUT2D eigenvalue weighted by Crippen LogP contribution is -2.48. The van der Waals surface area contributed by atoms with Crippen molar-refractivity contribution < 1.29 is 28.5 Å². The van der Waals surface area contributed by atoms with Gasteiger partial charge in [-0.05, 0) is 40.2 Å². The lowest BCUT2D eigenvalue weighted by atomic mass is 10.3. The third-order valence-electron chi connectivity index (χ3n) is 4.11. The second kappa shape index (κ2) is 8.91. The number of thioether (sulfide) groups is 1. The smallest absolute Gasteiger partial charge is 0.323 e. The molecule has 1 heterocycles. The molecule has 0 atom stereocenters. The number of carbonyl (C=O) groups excluding carboxylic acids is 1. The molecule has 5 N–H and O–H groups in total. The van der Waals surface area contributed by atoms with Crippen LogP contribution in [0.25, 0.3) is 0 Å². The van der Waals surface area contributed by atoms with E-state index in [1.165, 1.54) is 12.1 Å². The molecule has 3 rings (SSSR count). The van der Waals surface area contributed by atoms with Gasteiger partial charge in [0.2, 0.25) is 15.1 Å². The second-order valence-electron chi connectivity index (χ2n) is 6.26. The topological polar surface area (TPSA) is 139 Å². The number of nitrogens with one attached hydrogen (secondary N) is 2. The van der Waals surface area contributed by atoms with Crippen LogP contribution < -0.4 is 10.6 Å². The highest BCUT2D eigenvalue weighted by atomic mass is 79.9. The molecule has 1 aliphatic heterocycles. The Morgan fingerprint density at radius 1 is 1.17 bits per heavy atom. The summed E-state index contributed by atoms with van der Waals surface area (Å²) in [4.78, 5) is 11.7. The van der Waals surface area contributed by atoms with Gasteiger partial charge in [0.1, 0.15) is 4.90 Å². The number of phenols is 1. The van der Waals surface area contributed by atoms with Crippen LogP contribution in [0, 0.1) is 0 Å². The van der Waals surface area contributed by atoms with Crippen LogP contribution in [0.5, 0.6) is 5.75 Å². The van der Waals surface area contributed by atoms with Crippen LogP contribution in [0.3, 0.4) is 0 Å². The first kappa shape index (κ1) is 23.1. The van der Waals surface area contributed by atoms with Crippen LogP contribution in [-0.2, 0) is 10.0 Å². The molecule has 2 aromatic carbocycles. The van der Waals surface area contributed by atoms with Crippen molar-refractivity contribution in [2.75, 3.05) is 29.5 Å². The van der Waals surface area contributed by atoms with Crippen molar-refractivity contribution in [2.45, 2.75) is 10.0 Å². The van der Waals surface area contributed by atoms with Crippen molar-refractivity contribution in [1.29, 1.82) is 0 Å². The summed E-state index contributed by atoms with van der Waals surface area (Å²) in [5.41, 5.74) is 0.275. The predicted octanol–water partition coefficient (Wildman–Crippen LogP) is 2.83. The maximum Gasteiger partial charge on any atom is 0.323 e. The van der Waals surface area contributed by atoms with Crippen LogP contribution in [0.1, 0.15) is 0 Å². The molecule has 0 spiro atoms. The summed E-state index contributed by atoms with van der Waals surface area (Å²) in [5, 5.41) is 32.5. The quantitative estimate of drug-likeness (QED) is 0.298. The minimum Gasteiger partial charge on any atom is -0.504 e. The molecule has 0 aromatic heterocycles. The number of para-hydroxylation sites is 1. The number of amides is 2. The van der Waals surface area contributed by atoms with E-state index in [1.807, 2.05) is 0 Å². The molecular formula is C17H17BrClN3O6S2. The Morgan fingerprint density at radius 3 is 2.50 bits per heavy atom. The van der Waals surface area contributed by atoms with E-state index in [4.69, 9.17) is 11.6 Å². The fraction of sp³-hybridized carbons (Fsp3) is 0.235. The Kier molecular flexibility index (Phi) is 6.87. The number of phenolic OH excluding ortho intramolecular Hbond substituents is 1. The van der Waals surface area contributed by atoms with Crippen molar-refractivity contribution in [2.24, 2.45) is 0 Å². The summed E-state index contributed by atoms with van der Waals surface area (Å²) in [5.74, 6) is -0.624. The highest BCUT2D eigenvalue weighted by molar-refractivity contribution is 9.10. The molecule has 0 bridgehead atoms. The van der Waals surface area contributed by atoms with E-state index in [9.17, 15) is 28.5 Å². The van der Waals surface area contributed by atoms with Gasteiger partial charge in [-0.1, -0.05) is 35.5 Å². The van der Waals surface area contributed by atoms with E-state index < -0.39 is 38.4 Å². The molecule has 1 saturated heterocycles. The summed E-state index contributed by atoms with van der Waals surface area (Å²) >= 11 is 10.1. The summed E-state index contributed by atoms with van der Waals surface area (Å²) in [7, 11) is -4.38. The van der Waals surface area contributed by atoms with E-state index >= 15 is 0 Å². The number of hydrogen-bond donors (Lipinski definition) is 5. The third-order valence-corrected chi connectivity index (χ3v) is 8.13. The SMILES string of the molecule is O=C(Nc1ccccc1Br)Nc1ccc(Cl)c(S(=O)(=O)N2CCSC(O)(O)C2)c1O. The zero-order chi connectivity index (χ0) is 22.1. The van der Waals surface area contributed by atoms with Gasteiger partial charge in [0, 0.05) is 16.8 Å². The number of aliphatic hydroxyl groups is 2. The number of benzene rings is 2. The maximum atomic E-state index is 13.0. The highest BCUT2D eigenvalue weighted by Crippen LogP contribution is 2.40. The number of urea groups is 1. The van der Waals surface area contributed by atoms with Gasteiger partial charge >= 0.3 is 6.03 Å². The number of anilines is 2. The Hall–Kier alpha value is -1.54. The van der Waals surface area contributed by atoms with E-state index in [-0.39, 0.29) is 23.0 Å². The molecule has 1 fully saturated rings. The zero-order valence-electron chi connectivity index (χ0n) is 15.2. The third kappa shape index (κ3) is 5.02. The van der Waals surface area contributed by atoms with Crippen LogP contribution in [0.15, 0.2) is 45.8 Å². The number of carbonyl (C=O) groups is 1. The second-order valence-corrected chi connectivity index (χ2v) is 10.7. The lowest BCUT2D eigenvalue weighted by Gasteiger charge is -2.34. The van der Waals surface area contributed by atoms with Crippen LogP contribution in [-0.4, -0.2) is 58.0 Å². The summed E-state index contributed by atoms with van der Waals surface area (Å²) in [6.07, 6.45) is 0. The Bertz CT molecular complexity index is 1080. The van der Waals surface area contributed by atoms with Gasteiger partial charge in [0.05, 0.1) is 22.9 Å². The summed E-state index contributed by atoms with van der Waals surface area (Å²) in [6.45, 7) is -0.609. The molecule has 0 unspecified atom stereocenters. The highest BCUT2D eigenvalue weighted by Gasteiger charge is 2.40. The van der Waals surface area contributed by atoms with E-state index in [2.05, 4.69) is 26.6 Å². The van der Waals surface area contributed by atoms with Gasteiger partial charge < -0.3 is 26.0 Å². The molecule has 30 heavy (non-hydrogen) atoms. The Balaban J connectivity index is 1.88. The Morgan fingerprint density at radius 2 is 1.83 bits per heavy atom. The van der Waals surface area contributed by atoms with Crippen LogP contribution >= 0.6 is 39.3 Å². The summed E-state index contributed by atoms with van der Waals surface area (Å²) < 4.78 is 27.5. The molecule has 0 saturated carbocycles. The molecular weight excluding hydrogens is 522 g/mol. The monoisotopic (exact) mass is 537 g/mol. The fourth-order valence-corrected chi connectivity index (χ4v) is 6.25. The minimum absolute atomic E-state index is 0.00812. The Labute approximate surface area is 190 Å². The molecule has 1 aliphatic rings. The average molecular weight is 539 g/mol. The van der Waals surface area contributed by atoms with Gasteiger partial charge in [-0.3, -0.25) is 0 Å². The van der Waals surface area contributed by atoms with Gasteiger partial charge in [-0.15, -0.1) is 0 Å². The van der Waals surface area contributed by atoms with Crippen molar-refractivity contribution in [3.8, 4) is 5.75 Å². The normalized spacial score (nSPS) is 16.8. The van der Waals surface area contributed by atoms with E-state index in [1.54, 1.807) is 24.3 Å². The number of β-amino-alcohol motifs (C(OH)–C–C–N with tert-alkyl or cyclic N) is 2. The van der Waals surface area contributed by atoms with Crippen molar-refractivity contribution in [1.82, 2.24) is 4.31 Å². The molecule has 0 radical (unpaired) electrons. The average Bonchev–Trinajstić information content (AvgIpc) is 2.65. The number of aromatic hydroxyl groups is 1. The minimum atomic E-state index is -4.38. The summed E-state index contributed by atoms with van der Waals surface area (Å²) in [6, 6.07) is 8.59. The molecule has 2 aromatic rings. The van der Waals surface area contributed by atoms with Gasteiger partial charge in [-0.25, -0.2) is 13.2 Å². The number of nitrogens with zero attached hydrogens (tertiary/aromatic N) is 1. The zero-order valence-corrected chi connectivity index (χ0v) is 19.1. The molecule has 9 nitrogen and oxygen atoms in total. The first-order valence-corrected chi connectivity index (χ1v) is 12.0. The van der Waals surface area contributed by atoms with Gasteiger partial charge in [0.25, 0.3) is 0 Å².